The molecule has 3 nitrogen and oxygen atoms in total. The van der Waals surface area contributed by atoms with Crippen LogP contribution in [0.15, 0.2) is 24.3 Å². The molecule has 21 heavy (non-hydrogen) atoms. The van der Waals surface area contributed by atoms with Crippen molar-refractivity contribution in [2.45, 2.75) is 44.9 Å². The van der Waals surface area contributed by atoms with Crippen LogP contribution in [0.3, 0.4) is 0 Å². The van der Waals surface area contributed by atoms with Crippen molar-refractivity contribution in [3.8, 4) is 0 Å². The fourth-order valence-corrected chi connectivity index (χ4v) is 4.01. The molecule has 2 unspecified atom stereocenters. The van der Waals surface area contributed by atoms with Gasteiger partial charge in [0.25, 0.3) is 10.1 Å². The lowest BCUT2D eigenvalue weighted by molar-refractivity contribution is 0.202. The van der Waals surface area contributed by atoms with E-state index >= 15 is 0 Å². The Hall–Kier alpha value is -0.940. The van der Waals surface area contributed by atoms with Gasteiger partial charge in [-0.3, -0.25) is 4.18 Å². The molecular weight excluding hydrogens is 291 g/mol. The minimum atomic E-state index is -3.37. The maximum atomic E-state index is 13.0. The molecular formula is C16H23FO3S. The summed E-state index contributed by atoms with van der Waals surface area (Å²) in [6.45, 7) is 2.10. The largest absolute Gasteiger partial charge is 0.270 e. The first-order valence-electron chi connectivity index (χ1n) is 7.62. The summed E-state index contributed by atoms with van der Waals surface area (Å²) >= 11 is 0. The van der Waals surface area contributed by atoms with Gasteiger partial charge in [-0.05, 0) is 55.2 Å². The molecule has 2 rings (SSSR count). The Kier molecular flexibility index (Phi) is 5.76. The molecule has 0 saturated heterocycles. The van der Waals surface area contributed by atoms with Gasteiger partial charge in [-0.1, -0.05) is 25.5 Å². The molecule has 0 amide bonds. The molecule has 118 valence electrons. The van der Waals surface area contributed by atoms with Gasteiger partial charge in [0.1, 0.15) is 5.82 Å². The quantitative estimate of drug-likeness (QED) is 0.749. The Bertz CT molecular complexity index is 539. The van der Waals surface area contributed by atoms with Gasteiger partial charge in [0.2, 0.25) is 0 Å². The van der Waals surface area contributed by atoms with Crippen LogP contribution in [0.1, 0.15) is 50.5 Å². The van der Waals surface area contributed by atoms with E-state index in [4.69, 9.17) is 4.18 Å². The van der Waals surface area contributed by atoms with E-state index < -0.39 is 10.1 Å². The van der Waals surface area contributed by atoms with E-state index in [0.717, 1.165) is 31.2 Å². The lowest BCUT2D eigenvalue weighted by Crippen LogP contribution is -2.21. The second-order valence-corrected chi connectivity index (χ2v) is 7.59. The topological polar surface area (TPSA) is 43.4 Å². The molecule has 0 N–H and O–H groups in total. The molecule has 0 radical (unpaired) electrons. The maximum Gasteiger partial charge on any atom is 0.267 e. The second kappa shape index (κ2) is 7.36. The minimum absolute atomic E-state index is 0.0844. The van der Waals surface area contributed by atoms with E-state index in [1.807, 2.05) is 19.1 Å². The summed E-state index contributed by atoms with van der Waals surface area (Å²) in [4.78, 5) is 0. The Labute approximate surface area is 126 Å². The van der Waals surface area contributed by atoms with E-state index in [-0.39, 0.29) is 24.1 Å². The van der Waals surface area contributed by atoms with Gasteiger partial charge in [0.05, 0.1) is 12.4 Å². The van der Waals surface area contributed by atoms with Gasteiger partial charge >= 0.3 is 0 Å². The Balaban J connectivity index is 1.90. The number of rotatable bonds is 6. The van der Waals surface area contributed by atoms with Crippen molar-refractivity contribution in [2.24, 2.45) is 5.92 Å². The van der Waals surface area contributed by atoms with E-state index in [1.54, 1.807) is 0 Å². The highest BCUT2D eigenvalue weighted by atomic mass is 32.2. The van der Waals surface area contributed by atoms with Crippen LogP contribution in [-0.4, -0.2) is 20.8 Å². The van der Waals surface area contributed by atoms with Crippen LogP contribution in [0.4, 0.5) is 4.39 Å². The van der Waals surface area contributed by atoms with Crippen LogP contribution in [0.25, 0.3) is 0 Å². The molecule has 0 aliphatic heterocycles. The number of hydrogen-bond donors (Lipinski definition) is 0. The predicted octanol–water partition coefficient (Wildman–Crippen LogP) is 3.86. The smallest absolute Gasteiger partial charge is 0.267 e. The van der Waals surface area contributed by atoms with Crippen LogP contribution >= 0.6 is 0 Å². The lowest BCUT2D eigenvalue weighted by atomic mass is 9.78. The maximum absolute atomic E-state index is 13.0. The molecule has 1 aromatic rings. The van der Waals surface area contributed by atoms with Gasteiger partial charge in [0, 0.05) is 0 Å². The van der Waals surface area contributed by atoms with E-state index in [1.165, 1.54) is 12.1 Å². The molecule has 1 fully saturated rings. The Morgan fingerprint density at radius 3 is 2.62 bits per heavy atom. The zero-order valence-corrected chi connectivity index (χ0v) is 13.2. The molecule has 0 bridgehead atoms. The van der Waals surface area contributed by atoms with E-state index in [9.17, 15) is 12.8 Å². The molecule has 2 atom stereocenters. The molecule has 0 aromatic heterocycles. The van der Waals surface area contributed by atoms with Crippen molar-refractivity contribution in [3.63, 3.8) is 0 Å². The van der Waals surface area contributed by atoms with E-state index in [2.05, 4.69) is 0 Å². The third-order valence-electron chi connectivity index (χ3n) is 4.06. The standard InChI is InChI=1S/C16H23FO3S/c1-2-10-21(18,19)20-12-13-4-3-5-15(11-13)14-6-8-16(17)9-7-14/h6-9,13,15H,2-5,10-12H2,1H3. The SMILES string of the molecule is CCCS(=O)(=O)OCC1CCCC(c2ccc(F)cc2)C1. The van der Waals surface area contributed by atoms with Gasteiger partial charge in [-0.25, -0.2) is 4.39 Å². The van der Waals surface area contributed by atoms with Crippen molar-refractivity contribution < 1.29 is 17.0 Å². The Morgan fingerprint density at radius 2 is 1.95 bits per heavy atom. The summed E-state index contributed by atoms with van der Waals surface area (Å²) in [6, 6.07) is 6.64. The van der Waals surface area contributed by atoms with Crippen LogP contribution in [-0.2, 0) is 14.3 Å². The molecule has 1 aromatic carbocycles. The van der Waals surface area contributed by atoms with Crippen molar-refractivity contribution in [1.82, 2.24) is 0 Å². The van der Waals surface area contributed by atoms with Crippen molar-refractivity contribution in [1.29, 1.82) is 0 Å². The summed E-state index contributed by atoms with van der Waals surface area (Å²) in [5.74, 6) is 0.503. The highest BCUT2D eigenvalue weighted by molar-refractivity contribution is 7.86. The van der Waals surface area contributed by atoms with E-state index in [0.29, 0.717) is 12.3 Å². The number of hydrogen-bond acceptors (Lipinski definition) is 3. The molecule has 0 spiro atoms. The highest BCUT2D eigenvalue weighted by Gasteiger charge is 2.25. The molecule has 1 aliphatic carbocycles. The van der Waals surface area contributed by atoms with Crippen LogP contribution in [0.2, 0.25) is 0 Å². The molecule has 5 heteroatoms. The molecule has 1 saturated carbocycles. The van der Waals surface area contributed by atoms with Crippen molar-refractivity contribution >= 4 is 10.1 Å². The summed E-state index contributed by atoms with van der Waals surface area (Å²) < 4.78 is 41.3. The average Bonchev–Trinajstić information content (AvgIpc) is 2.46. The summed E-state index contributed by atoms with van der Waals surface area (Å²) in [6.07, 6.45) is 4.62. The predicted molar refractivity (Wildman–Crippen MR) is 81.1 cm³/mol. The van der Waals surface area contributed by atoms with Gasteiger partial charge < -0.3 is 0 Å². The zero-order chi connectivity index (χ0) is 15.3. The second-order valence-electron chi connectivity index (χ2n) is 5.83. The normalized spacial score (nSPS) is 23.1. The fraction of sp³-hybridized carbons (Fsp3) is 0.625. The summed E-state index contributed by atoms with van der Waals surface area (Å²) in [5.41, 5.74) is 1.14. The van der Waals surface area contributed by atoms with Crippen molar-refractivity contribution in [3.05, 3.63) is 35.6 Å². The monoisotopic (exact) mass is 314 g/mol. The van der Waals surface area contributed by atoms with Gasteiger partial charge in [0.15, 0.2) is 0 Å². The summed E-state index contributed by atoms with van der Waals surface area (Å²) in [7, 11) is -3.37. The first kappa shape index (κ1) is 16.4. The average molecular weight is 314 g/mol. The zero-order valence-electron chi connectivity index (χ0n) is 12.4. The first-order valence-corrected chi connectivity index (χ1v) is 9.20. The van der Waals surface area contributed by atoms with Crippen LogP contribution < -0.4 is 0 Å². The highest BCUT2D eigenvalue weighted by Crippen LogP contribution is 2.36. The number of benzene rings is 1. The lowest BCUT2D eigenvalue weighted by Gasteiger charge is -2.29. The summed E-state index contributed by atoms with van der Waals surface area (Å²) in [5, 5.41) is 0. The van der Waals surface area contributed by atoms with Crippen LogP contribution in [0.5, 0.6) is 0 Å². The van der Waals surface area contributed by atoms with Gasteiger partial charge in [-0.15, -0.1) is 0 Å². The van der Waals surface area contributed by atoms with Crippen LogP contribution in [0, 0.1) is 11.7 Å². The van der Waals surface area contributed by atoms with Gasteiger partial charge in [-0.2, -0.15) is 8.42 Å². The minimum Gasteiger partial charge on any atom is -0.270 e. The van der Waals surface area contributed by atoms with Crippen molar-refractivity contribution in [2.75, 3.05) is 12.4 Å². The fourth-order valence-electron chi connectivity index (χ4n) is 2.99. The Morgan fingerprint density at radius 1 is 1.24 bits per heavy atom. The first-order chi connectivity index (χ1) is 10.00. The number of halogens is 1. The third kappa shape index (κ3) is 5.08. The third-order valence-corrected chi connectivity index (χ3v) is 5.47. The molecule has 0 heterocycles. The molecule has 1 aliphatic rings.